The van der Waals surface area contributed by atoms with Gasteiger partial charge in [0.2, 0.25) is 0 Å². The maximum absolute atomic E-state index is 8.56. The summed E-state index contributed by atoms with van der Waals surface area (Å²) in [4.78, 5) is 4.22. The van der Waals surface area contributed by atoms with E-state index in [1.165, 1.54) is 11.8 Å². The molecule has 1 aromatic carbocycles. The largest absolute Gasteiger partial charge is 0.295 e. The van der Waals surface area contributed by atoms with Crippen molar-refractivity contribution in [3.63, 3.8) is 0 Å². The maximum atomic E-state index is 8.56. The third-order valence-corrected chi connectivity index (χ3v) is 3.29. The van der Waals surface area contributed by atoms with Crippen molar-refractivity contribution in [1.82, 2.24) is 9.55 Å². The maximum Gasteiger partial charge on any atom is 0.173 e. The second kappa shape index (κ2) is 5.19. The number of aromatic nitrogens is 2. The lowest BCUT2D eigenvalue weighted by molar-refractivity contribution is 0.896. The van der Waals surface area contributed by atoms with Crippen molar-refractivity contribution in [3.05, 3.63) is 41.1 Å². The van der Waals surface area contributed by atoms with E-state index in [1.54, 1.807) is 6.20 Å². The molecule has 0 saturated carbocycles. The summed E-state index contributed by atoms with van der Waals surface area (Å²) < 4.78 is 2.99. The zero-order valence-corrected chi connectivity index (χ0v) is 10.7. The van der Waals surface area contributed by atoms with Crippen molar-refractivity contribution in [1.29, 1.82) is 5.26 Å². The van der Waals surface area contributed by atoms with Crippen LogP contribution in [0.3, 0.4) is 0 Å². The summed E-state index contributed by atoms with van der Waals surface area (Å²) in [5.74, 6) is 0.408. The molecule has 0 aliphatic carbocycles. The molecule has 5 heteroatoms. The van der Waals surface area contributed by atoms with Crippen LogP contribution in [0.25, 0.3) is 5.69 Å². The first-order valence-corrected chi connectivity index (χ1v) is 6.38. The molecule has 0 spiro atoms. The fourth-order valence-electron chi connectivity index (χ4n) is 1.32. The summed E-state index contributed by atoms with van der Waals surface area (Å²) in [6.07, 6.45) is 3.63. The minimum Gasteiger partial charge on any atom is -0.295 e. The Morgan fingerprint density at radius 3 is 3.12 bits per heavy atom. The lowest BCUT2D eigenvalue weighted by Gasteiger charge is -2.06. The Bertz CT molecular complexity index is 530. The molecule has 0 saturated heterocycles. The second-order valence-corrected chi connectivity index (χ2v) is 4.86. The smallest absolute Gasteiger partial charge is 0.173 e. The molecule has 0 atom stereocenters. The van der Waals surface area contributed by atoms with Gasteiger partial charge in [-0.1, -0.05) is 33.8 Å². The summed E-state index contributed by atoms with van der Waals surface area (Å²) >= 11 is 4.86. The second-order valence-electron chi connectivity index (χ2n) is 3.01. The van der Waals surface area contributed by atoms with Crippen molar-refractivity contribution in [3.8, 4) is 11.8 Å². The highest BCUT2D eigenvalue weighted by Crippen LogP contribution is 2.22. The fraction of sp³-hybridized carbons (Fsp3) is 0.0909. The van der Waals surface area contributed by atoms with Gasteiger partial charge in [-0.3, -0.25) is 4.57 Å². The third-order valence-electron chi connectivity index (χ3n) is 1.96. The molecule has 16 heavy (non-hydrogen) atoms. The van der Waals surface area contributed by atoms with E-state index in [0.29, 0.717) is 5.75 Å². The molecule has 1 heterocycles. The molecule has 0 fully saturated rings. The number of benzene rings is 1. The molecule has 2 rings (SSSR count). The highest BCUT2D eigenvalue weighted by Gasteiger charge is 2.05. The molecule has 0 amide bonds. The minimum atomic E-state index is 0.408. The summed E-state index contributed by atoms with van der Waals surface area (Å²) in [6, 6.07) is 10.1. The first kappa shape index (κ1) is 11.2. The Kier molecular flexibility index (Phi) is 3.65. The van der Waals surface area contributed by atoms with Crippen LogP contribution in [0.2, 0.25) is 0 Å². The zero-order chi connectivity index (χ0) is 11.4. The molecule has 1 aromatic heterocycles. The molecule has 80 valence electrons. The van der Waals surface area contributed by atoms with E-state index in [0.717, 1.165) is 15.3 Å². The Balaban J connectivity index is 2.34. The number of halogens is 1. The van der Waals surface area contributed by atoms with E-state index in [2.05, 4.69) is 27.0 Å². The van der Waals surface area contributed by atoms with E-state index in [9.17, 15) is 0 Å². The Hall–Kier alpha value is -1.25. The van der Waals surface area contributed by atoms with Crippen LogP contribution in [0, 0.1) is 11.3 Å². The fourth-order valence-corrected chi connectivity index (χ4v) is 2.34. The predicted molar refractivity (Wildman–Crippen MR) is 67.6 cm³/mol. The van der Waals surface area contributed by atoms with Gasteiger partial charge < -0.3 is 0 Å². The van der Waals surface area contributed by atoms with Crippen LogP contribution >= 0.6 is 27.7 Å². The highest BCUT2D eigenvalue weighted by molar-refractivity contribution is 9.10. The Morgan fingerprint density at radius 1 is 1.50 bits per heavy atom. The topological polar surface area (TPSA) is 41.6 Å². The zero-order valence-electron chi connectivity index (χ0n) is 8.30. The van der Waals surface area contributed by atoms with E-state index in [-0.39, 0.29) is 0 Å². The van der Waals surface area contributed by atoms with Gasteiger partial charge in [0.25, 0.3) is 0 Å². The molecule has 0 bridgehead atoms. The highest BCUT2D eigenvalue weighted by atomic mass is 79.9. The van der Waals surface area contributed by atoms with E-state index >= 15 is 0 Å². The van der Waals surface area contributed by atoms with Crippen LogP contribution in [-0.2, 0) is 0 Å². The van der Waals surface area contributed by atoms with Crippen molar-refractivity contribution >= 4 is 27.7 Å². The number of nitriles is 1. The normalized spacial score (nSPS) is 10.0. The van der Waals surface area contributed by atoms with Gasteiger partial charge in [-0.05, 0) is 18.2 Å². The summed E-state index contributed by atoms with van der Waals surface area (Å²) in [5.41, 5.74) is 1.03. The van der Waals surface area contributed by atoms with Crippen LogP contribution in [0.15, 0.2) is 46.3 Å². The first-order valence-electron chi connectivity index (χ1n) is 4.60. The van der Waals surface area contributed by atoms with E-state index < -0.39 is 0 Å². The SMILES string of the molecule is N#CCSc1nccn1-c1cccc(Br)c1. The molecule has 0 N–H and O–H groups in total. The molecule has 0 aliphatic heterocycles. The molecule has 3 nitrogen and oxygen atoms in total. The van der Waals surface area contributed by atoms with Gasteiger partial charge in [-0.2, -0.15) is 5.26 Å². The van der Waals surface area contributed by atoms with Gasteiger partial charge >= 0.3 is 0 Å². The monoisotopic (exact) mass is 293 g/mol. The molecule has 2 aromatic rings. The van der Waals surface area contributed by atoms with Crippen LogP contribution in [0.4, 0.5) is 0 Å². The molecular weight excluding hydrogens is 286 g/mol. The average Bonchev–Trinajstić information content (AvgIpc) is 2.74. The van der Waals surface area contributed by atoms with Crippen molar-refractivity contribution in [2.75, 3.05) is 5.75 Å². The number of thioether (sulfide) groups is 1. The van der Waals surface area contributed by atoms with Gasteiger partial charge in [0.1, 0.15) is 0 Å². The number of hydrogen-bond acceptors (Lipinski definition) is 3. The number of rotatable bonds is 3. The quantitative estimate of drug-likeness (QED) is 0.816. The van der Waals surface area contributed by atoms with Gasteiger partial charge in [0.05, 0.1) is 11.8 Å². The Labute approximate surface area is 106 Å². The number of hydrogen-bond donors (Lipinski definition) is 0. The van der Waals surface area contributed by atoms with Crippen LogP contribution in [0.5, 0.6) is 0 Å². The summed E-state index contributed by atoms with van der Waals surface area (Å²) in [7, 11) is 0. The summed E-state index contributed by atoms with van der Waals surface area (Å²) in [5, 5.41) is 9.39. The van der Waals surface area contributed by atoms with Crippen molar-refractivity contribution in [2.24, 2.45) is 0 Å². The Morgan fingerprint density at radius 2 is 2.38 bits per heavy atom. The first-order chi connectivity index (χ1) is 7.81. The molecule has 0 aliphatic rings. The van der Waals surface area contributed by atoms with Gasteiger partial charge in [0.15, 0.2) is 5.16 Å². The lowest BCUT2D eigenvalue weighted by atomic mass is 10.3. The predicted octanol–water partition coefficient (Wildman–Crippen LogP) is 3.25. The van der Waals surface area contributed by atoms with Crippen molar-refractivity contribution in [2.45, 2.75) is 5.16 Å². The average molecular weight is 294 g/mol. The van der Waals surface area contributed by atoms with E-state index in [4.69, 9.17) is 5.26 Å². The number of imidazole rings is 1. The van der Waals surface area contributed by atoms with E-state index in [1.807, 2.05) is 35.0 Å². The summed E-state index contributed by atoms with van der Waals surface area (Å²) in [6.45, 7) is 0. The molecule has 0 radical (unpaired) electrons. The van der Waals surface area contributed by atoms with Crippen LogP contribution in [-0.4, -0.2) is 15.3 Å². The van der Waals surface area contributed by atoms with Crippen LogP contribution < -0.4 is 0 Å². The lowest BCUT2D eigenvalue weighted by Crippen LogP contribution is -1.94. The van der Waals surface area contributed by atoms with Crippen LogP contribution in [0.1, 0.15) is 0 Å². The third kappa shape index (κ3) is 2.46. The van der Waals surface area contributed by atoms with Gasteiger partial charge in [-0.25, -0.2) is 4.98 Å². The minimum absolute atomic E-state index is 0.408. The van der Waals surface area contributed by atoms with Gasteiger partial charge in [-0.15, -0.1) is 0 Å². The van der Waals surface area contributed by atoms with Crippen molar-refractivity contribution < 1.29 is 0 Å². The molecular formula is C11H8BrN3S. The molecule has 0 unspecified atom stereocenters. The standard InChI is InChI=1S/C11H8BrN3S/c12-9-2-1-3-10(8-9)15-6-5-14-11(15)16-7-4-13/h1-3,5-6,8H,7H2. The number of nitrogens with zero attached hydrogens (tertiary/aromatic N) is 3. The van der Waals surface area contributed by atoms with Gasteiger partial charge in [0, 0.05) is 22.6 Å².